The van der Waals surface area contributed by atoms with Crippen LogP contribution in [-0.4, -0.2) is 71.8 Å². The minimum atomic E-state index is -1.28. The number of amides is 3. The van der Waals surface area contributed by atoms with Crippen molar-refractivity contribution in [2.24, 2.45) is 0 Å². The number of carboxylic acid groups (broad SMARTS) is 1. The van der Waals surface area contributed by atoms with Crippen LogP contribution in [0.3, 0.4) is 0 Å². The molecule has 0 aliphatic rings. The molecule has 0 radical (unpaired) electrons. The summed E-state index contributed by atoms with van der Waals surface area (Å²) in [6.45, 7) is 12.4. The van der Waals surface area contributed by atoms with E-state index in [0.29, 0.717) is 32.6 Å². The second-order valence-corrected chi connectivity index (χ2v) is 11.1. The number of carbonyl (C=O) groups excluding carboxylic acids is 2. The Balaban J connectivity index is 2.20. The summed E-state index contributed by atoms with van der Waals surface area (Å²) in [5, 5.41) is 17.7. The summed E-state index contributed by atoms with van der Waals surface area (Å²) in [7, 11) is 0. The third kappa shape index (κ3) is 10.7. The monoisotopic (exact) mass is 565 g/mol. The highest BCUT2D eigenvalue weighted by Gasteiger charge is 2.34. The second-order valence-electron chi connectivity index (χ2n) is 10.2. The molecular formula is C28H43N3O7S. The average Bonchev–Trinajstić information content (AvgIpc) is 3.27. The maximum absolute atomic E-state index is 13.9. The Hall–Kier alpha value is -2.89. The number of fused-ring (bicyclic) bond motifs is 1. The van der Waals surface area contributed by atoms with Gasteiger partial charge >= 0.3 is 12.2 Å². The Labute approximate surface area is 235 Å². The number of alkyl carbamates (subject to hydrolysis) is 1. The van der Waals surface area contributed by atoms with Crippen LogP contribution < -0.4 is 10.6 Å². The van der Waals surface area contributed by atoms with Gasteiger partial charge < -0.3 is 34.9 Å². The molecule has 11 heteroatoms. The fourth-order valence-corrected chi connectivity index (χ4v) is 5.10. The second kappa shape index (κ2) is 15.6. The first kappa shape index (κ1) is 32.3. The first-order valence-corrected chi connectivity index (χ1v) is 14.3. The molecule has 10 nitrogen and oxygen atoms in total. The van der Waals surface area contributed by atoms with E-state index in [0.717, 1.165) is 15.6 Å². The molecule has 1 aromatic carbocycles. The molecule has 0 aliphatic heterocycles. The lowest BCUT2D eigenvalue weighted by atomic mass is 10.1. The molecule has 2 aromatic rings. The molecule has 0 unspecified atom stereocenters. The van der Waals surface area contributed by atoms with Gasteiger partial charge in [-0.05, 0) is 83.2 Å². The topological polar surface area (TPSA) is 126 Å². The number of ether oxygens (including phenoxy) is 3. The van der Waals surface area contributed by atoms with Crippen molar-refractivity contribution in [3.63, 3.8) is 0 Å². The SMILES string of the molecule is CCOC(OCC)[C@H](C)N(Cc1csc2ccccc12)C(=O)[C@H](CCCCNC(=O)OC(C)(C)C)NC(=O)O. The summed E-state index contributed by atoms with van der Waals surface area (Å²) >= 11 is 1.60. The molecule has 1 heterocycles. The summed E-state index contributed by atoms with van der Waals surface area (Å²) in [6, 6.07) is 6.52. The van der Waals surface area contributed by atoms with Gasteiger partial charge in [-0.2, -0.15) is 0 Å². The van der Waals surface area contributed by atoms with E-state index >= 15 is 0 Å². The lowest BCUT2D eigenvalue weighted by Gasteiger charge is -2.36. The Bertz CT molecular complexity index is 1060. The number of benzene rings is 1. The van der Waals surface area contributed by atoms with Crippen LogP contribution in [0.5, 0.6) is 0 Å². The Morgan fingerprint density at radius 3 is 2.36 bits per heavy atom. The lowest BCUT2D eigenvalue weighted by molar-refractivity contribution is -0.179. The summed E-state index contributed by atoms with van der Waals surface area (Å²) in [6.07, 6.45) is -1.13. The quantitative estimate of drug-likeness (QED) is 0.196. The third-order valence-electron chi connectivity index (χ3n) is 5.92. The van der Waals surface area contributed by atoms with E-state index in [-0.39, 0.29) is 18.9 Å². The van der Waals surface area contributed by atoms with Crippen molar-refractivity contribution in [1.82, 2.24) is 15.5 Å². The van der Waals surface area contributed by atoms with E-state index in [9.17, 15) is 19.5 Å². The zero-order chi connectivity index (χ0) is 29.0. The van der Waals surface area contributed by atoms with E-state index < -0.39 is 36.2 Å². The number of thiophene rings is 1. The predicted molar refractivity (Wildman–Crippen MR) is 152 cm³/mol. The number of carbonyl (C=O) groups is 3. The standard InChI is InChI=1S/C28H43N3O7S/c1-7-36-25(37-8-2)19(3)31(17-20-18-39-23-15-10-9-13-21(20)23)24(32)22(30-26(33)34)14-11-12-16-29-27(35)38-28(4,5)6/h9-10,13,15,18-19,22,25,30H,7-8,11-12,14,16-17H2,1-6H3,(H,29,35)(H,33,34)/t19-,22-/m0/s1. The van der Waals surface area contributed by atoms with Gasteiger partial charge in [-0.25, -0.2) is 9.59 Å². The largest absolute Gasteiger partial charge is 0.465 e. The maximum Gasteiger partial charge on any atom is 0.407 e. The zero-order valence-electron chi connectivity index (χ0n) is 23.8. The highest BCUT2D eigenvalue weighted by Crippen LogP contribution is 2.28. The number of hydrogen-bond donors (Lipinski definition) is 3. The van der Waals surface area contributed by atoms with Crippen LogP contribution in [0.15, 0.2) is 29.6 Å². The zero-order valence-corrected chi connectivity index (χ0v) is 24.6. The Morgan fingerprint density at radius 2 is 1.74 bits per heavy atom. The van der Waals surface area contributed by atoms with Gasteiger partial charge in [0.05, 0.1) is 6.04 Å². The van der Waals surface area contributed by atoms with Crippen molar-refractivity contribution < 1.29 is 33.7 Å². The van der Waals surface area contributed by atoms with Crippen molar-refractivity contribution in [2.75, 3.05) is 19.8 Å². The van der Waals surface area contributed by atoms with Gasteiger partial charge in [0.1, 0.15) is 11.6 Å². The van der Waals surface area contributed by atoms with Crippen LogP contribution in [0.25, 0.3) is 10.1 Å². The van der Waals surface area contributed by atoms with E-state index in [1.807, 2.05) is 50.4 Å². The van der Waals surface area contributed by atoms with E-state index in [4.69, 9.17) is 14.2 Å². The number of rotatable bonds is 15. The maximum atomic E-state index is 13.9. The van der Waals surface area contributed by atoms with E-state index in [1.54, 1.807) is 37.0 Å². The predicted octanol–water partition coefficient (Wildman–Crippen LogP) is 5.35. The van der Waals surface area contributed by atoms with Crippen molar-refractivity contribution in [1.29, 1.82) is 0 Å². The molecule has 1 aromatic heterocycles. The van der Waals surface area contributed by atoms with Crippen molar-refractivity contribution in [2.45, 2.75) is 91.3 Å². The van der Waals surface area contributed by atoms with E-state index in [2.05, 4.69) is 10.6 Å². The van der Waals surface area contributed by atoms with Crippen molar-refractivity contribution >= 4 is 39.5 Å². The molecule has 3 N–H and O–H groups in total. The Morgan fingerprint density at radius 1 is 1.08 bits per heavy atom. The fourth-order valence-electron chi connectivity index (χ4n) is 4.15. The van der Waals surface area contributed by atoms with Crippen LogP contribution in [0.4, 0.5) is 9.59 Å². The summed E-state index contributed by atoms with van der Waals surface area (Å²) in [4.78, 5) is 39.1. The number of unbranched alkanes of at least 4 members (excludes halogenated alkanes) is 1. The van der Waals surface area contributed by atoms with Crippen LogP contribution >= 0.6 is 11.3 Å². The Kier molecular flexibility index (Phi) is 13.0. The van der Waals surface area contributed by atoms with Crippen LogP contribution in [0, 0.1) is 0 Å². The highest BCUT2D eigenvalue weighted by molar-refractivity contribution is 7.17. The first-order chi connectivity index (χ1) is 18.5. The van der Waals surface area contributed by atoms with Crippen LogP contribution in [0.2, 0.25) is 0 Å². The highest BCUT2D eigenvalue weighted by atomic mass is 32.1. The molecule has 0 saturated heterocycles. The van der Waals surface area contributed by atoms with E-state index in [1.165, 1.54) is 0 Å². The molecule has 39 heavy (non-hydrogen) atoms. The normalized spacial score (nSPS) is 13.2. The van der Waals surface area contributed by atoms with Gasteiger partial charge in [0.25, 0.3) is 0 Å². The average molecular weight is 566 g/mol. The molecule has 0 saturated carbocycles. The molecule has 2 atom stereocenters. The van der Waals surface area contributed by atoms with Crippen LogP contribution in [-0.2, 0) is 25.5 Å². The van der Waals surface area contributed by atoms with Crippen molar-refractivity contribution in [3.05, 3.63) is 35.2 Å². The van der Waals surface area contributed by atoms with Crippen molar-refractivity contribution in [3.8, 4) is 0 Å². The van der Waals surface area contributed by atoms with Gasteiger partial charge in [-0.1, -0.05) is 18.2 Å². The summed E-state index contributed by atoms with van der Waals surface area (Å²) in [5.74, 6) is -0.357. The number of nitrogens with one attached hydrogen (secondary N) is 2. The fraction of sp³-hybridized carbons (Fsp3) is 0.607. The first-order valence-electron chi connectivity index (χ1n) is 13.4. The minimum absolute atomic E-state index is 0.267. The van der Waals surface area contributed by atoms with Crippen LogP contribution in [0.1, 0.15) is 66.4 Å². The third-order valence-corrected chi connectivity index (χ3v) is 6.93. The smallest absolute Gasteiger partial charge is 0.407 e. The molecule has 3 amide bonds. The summed E-state index contributed by atoms with van der Waals surface area (Å²) < 4.78 is 18.0. The molecule has 0 spiro atoms. The molecule has 0 fully saturated rings. The van der Waals surface area contributed by atoms with Gasteiger partial charge in [-0.3, -0.25) is 4.79 Å². The van der Waals surface area contributed by atoms with Gasteiger partial charge in [-0.15, -0.1) is 11.3 Å². The minimum Gasteiger partial charge on any atom is -0.465 e. The molecule has 2 rings (SSSR count). The molecule has 0 aliphatic carbocycles. The van der Waals surface area contributed by atoms with Gasteiger partial charge in [0.15, 0.2) is 6.29 Å². The van der Waals surface area contributed by atoms with Gasteiger partial charge in [0.2, 0.25) is 5.91 Å². The van der Waals surface area contributed by atoms with Gasteiger partial charge in [0, 0.05) is 31.0 Å². The number of hydrogen-bond acceptors (Lipinski definition) is 7. The molecular weight excluding hydrogens is 522 g/mol. The lowest BCUT2D eigenvalue weighted by Crippen LogP contribution is -2.54. The molecule has 218 valence electrons. The number of nitrogens with zero attached hydrogens (tertiary/aromatic N) is 1. The molecule has 0 bridgehead atoms. The summed E-state index contributed by atoms with van der Waals surface area (Å²) in [5.41, 5.74) is 0.375.